The molecule has 1 atom stereocenters. The van der Waals surface area contributed by atoms with E-state index in [0.717, 1.165) is 23.2 Å². The SMILES string of the molecule is COc1ccc(C(=O)NCC[C@H]2CCCN2)cc1Br. The highest BCUT2D eigenvalue weighted by Crippen LogP contribution is 2.25. The van der Waals surface area contributed by atoms with Crippen LogP contribution in [-0.2, 0) is 0 Å². The summed E-state index contributed by atoms with van der Waals surface area (Å²) in [7, 11) is 1.61. The van der Waals surface area contributed by atoms with Gasteiger partial charge in [-0.1, -0.05) is 0 Å². The van der Waals surface area contributed by atoms with Crippen molar-refractivity contribution in [2.75, 3.05) is 20.2 Å². The molecular formula is C14H19BrN2O2. The zero-order chi connectivity index (χ0) is 13.7. The number of methoxy groups -OCH3 is 1. The van der Waals surface area contributed by atoms with E-state index in [0.29, 0.717) is 18.2 Å². The molecular weight excluding hydrogens is 308 g/mol. The number of amides is 1. The van der Waals surface area contributed by atoms with Gasteiger partial charge in [0.05, 0.1) is 11.6 Å². The number of hydrogen-bond acceptors (Lipinski definition) is 3. The first kappa shape index (κ1) is 14.3. The molecule has 0 aromatic heterocycles. The van der Waals surface area contributed by atoms with Gasteiger partial charge >= 0.3 is 0 Å². The van der Waals surface area contributed by atoms with Gasteiger partial charge in [0.15, 0.2) is 0 Å². The molecule has 1 aliphatic heterocycles. The summed E-state index contributed by atoms with van der Waals surface area (Å²) < 4.78 is 5.93. The predicted octanol–water partition coefficient (Wildman–Crippen LogP) is 2.33. The smallest absolute Gasteiger partial charge is 0.251 e. The third kappa shape index (κ3) is 3.94. The second kappa shape index (κ2) is 6.91. The molecule has 1 aromatic rings. The minimum Gasteiger partial charge on any atom is -0.496 e. The fraction of sp³-hybridized carbons (Fsp3) is 0.500. The van der Waals surface area contributed by atoms with E-state index >= 15 is 0 Å². The topological polar surface area (TPSA) is 50.4 Å². The lowest BCUT2D eigenvalue weighted by Gasteiger charge is -2.11. The van der Waals surface area contributed by atoms with E-state index in [4.69, 9.17) is 4.74 Å². The van der Waals surface area contributed by atoms with Crippen molar-refractivity contribution in [3.05, 3.63) is 28.2 Å². The molecule has 1 fully saturated rings. The zero-order valence-electron chi connectivity index (χ0n) is 11.0. The van der Waals surface area contributed by atoms with Gasteiger partial charge in [-0.05, 0) is 59.9 Å². The van der Waals surface area contributed by atoms with Crippen molar-refractivity contribution < 1.29 is 9.53 Å². The number of rotatable bonds is 5. The molecule has 2 N–H and O–H groups in total. The maximum Gasteiger partial charge on any atom is 0.251 e. The normalized spacial score (nSPS) is 18.3. The standard InChI is InChI=1S/C14H19BrN2O2/c1-19-13-5-4-10(9-12(13)15)14(18)17-8-6-11-3-2-7-16-11/h4-5,9,11,16H,2-3,6-8H2,1H3,(H,17,18)/t11-/m1/s1. The van der Waals surface area contributed by atoms with Crippen LogP contribution in [0.2, 0.25) is 0 Å². The predicted molar refractivity (Wildman–Crippen MR) is 78.7 cm³/mol. The molecule has 0 spiro atoms. The van der Waals surface area contributed by atoms with Crippen molar-refractivity contribution in [2.45, 2.75) is 25.3 Å². The van der Waals surface area contributed by atoms with E-state index in [1.165, 1.54) is 12.8 Å². The molecule has 0 saturated carbocycles. The van der Waals surface area contributed by atoms with Gasteiger partial charge in [-0.3, -0.25) is 4.79 Å². The van der Waals surface area contributed by atoms with Crippen LogP contribution in [-0.4, -0.2) is 32.1 Å². The Morgan fingerprint density at radius 3 is 3.05 bits per heavy atom. The van der Waals surface area contributed by atoms with E-state index in [2.05, 4.69) is 26.6 Å². The summed E-state index contributed by atoms with van der Waals surface area (Å²) in [6.07, 6.45) is 3.44. The number of carbonyl (C=O) groups is 1. The zero-order valence-corrected chi connectivity index (χ0v) is 12.6. The molecule has 0 aliphatic carbocycles. The lowest BCUT2D eigenvalue weighted by atomic mass is 10.1. The maximum atomic E-state index is 12.0. The Labute approximate surface area is 122 Å². The molecule has 1 heterocycles. The first-order chi connectivity index (χ1) is 9.20. The first-order valence-corrected chi connectivity index (χ1v) is 7.35. The quantitative estimate of drug-likeness (QED) is 0.873. The van der Waals surface area contributed by atoms with E-state index in [1.807, 2.05) is 0 Å². The average molecular weight is 327 g/mol. The third-order valence-corrected chi connectivity index (χ3v) is 3.97. The highest BCUT2D eigenvalue weighted by molar-refractivity contribution is 9.10. The number of ether oxygens (including phenoxy) is 1. The Balaban J connectivity index is 1.83. The number of hydrogen-bond donors (Lipinski definition) is 2. The summed E-state index contributed by atoms with van der Waals surface area (Å²) in [5.74, 6) is 0.688. The summed E-state index contributed by atoms with van der Waals surface area (Å²) >= 11 is 3.38. The summed E-state index contributed by atoms with van der Waals surface area (Å²) in [4.78, 5) is 12.0. The van der Waals surface area contributed by atoms with Gasteiger partial charge in [0.1, 0.15) is 5.75 Å². The Morgan fingerprint density at radius 2 is 2.42 bits per heavy atom. The summed E-state index contributed by atoms with van der Waals surface area (Å²) in [6.45, 7) is 1.81. The maximum absolute atomic E-state index is 12.0. The third-order valence-electron chi connectivity index (χ3n) is 3.35. The van der Waals surface area contributed by atoms with Crippen LogP contribution >= 0.6 is 15.9 Å². The van der Waals surface area contributed by atoms with Crippen LogP contribution in [0.1, 0.15) is 29.6 Å². The fourth-order valence-electron chi connectivity index (χ4n) is 2.27. The van der Waals surface area contributed by atoms with Crippen LogP contribution in [0.4, 0.5) is 0 Å². The number of halogens is 1. The van der Waals surface area contributed by atoms with Crippen LogP contribution in [0, 0.1) is 0 Å². The van der Waals surface area contributed by atoms with Crippen molar-refractivity contribution in [2.24, 2.45) is 0 Å². The molecule has 0 radical (unpaired) electrons. The summed E-state index contributed by atoms with van der Waals surface area (Å²) in [6, 6.07) is 5.90. The summed E-state index contributed by atoms with van der Waals surface area (Å²) in [5, 5.41) is 6.37. The van der Waals surface area contributed by atoms with Gasteiger partial charge in [0.2, 0.25) is 0 Å². The van der Waals surface area contributed by atoms with Crippen LogP contribution in [0.5, 0.6) is 5.75 Å². The Kier molecular flexibility index (Phi) is 5.22. The first-order valence-electron chi connectivity index (χ1n) is 6.56. The minimum atomic E-state index is -0.0404. The lowest BCUT2D eigenvalue weighted by molar-refractivity contribution is 0.0952. The van der Waals surface area contributed by atoms with Crippen molar-refractivity contribution in [3.8, 4) is 5.75 Å². The van der Waals surface area contributed by atoms with Crippen LogP contribution in [0.3, 0.4) is 0 Å². The van der Waals surface area contributed by atoms with Gasteiger partial charge in [-0.15, -0.1) is 0 Å². The lowest BCUT2D eigenvalue weighted by Crippen LogP contribution is -2.30. The number of nitrogens with one attached hydrogen (secondary N) is 2. The van der Waals surface area contributed by atoms with Gasteiger partial charge in [-0.2, -0.15) is 0 Å². The molecule has 5 heteroatoms. The molecule has 1 saturated heterocycles. The Hall–Kier alpha value is -1.07. The average Bonchev–Trinajstić information content (AvgIpc) is 2.91. The highest BCUT2D eigenvalue weighted by Gasteiger charge is 2.14. The molecule has 104 valence electrons. The van der Waals surface area contributed by atoms with Crippen molar-refractivity contribution in [3.63, 3.8) is 0 Å². The van der Waals surface area contributed by atoms with E-state index in [-0.39, 0.29) is 5.91 Å². The highest BCUT2D eigenvalue weighted by atomic mass is 79.9. The molecule has 19 heavy (non-hydrogen) atoms. The summed E-state index contributed by atoms with van der Waals surface area (Å²) in [5.41, 5.74) is 0.645. The number of benzene rings is 1. The van der Waals surface area contributed by atoms with Crippen molar-refractivity contribution >= 4 is 21.8 Å². The van der Waals surface area contributed by atoms with Crippen LogP contribution < -0.4 is 15.4 Å². The van der Waals surface area contributed by atoms with Gasteiger partial charge in [0.25, 0.3) is 5.91 Å². The van der Waals surface area contributed by atoms with Crippen LogP contribution in [0.25, 0.3) is 0 Å². The van der Waals surface area contributed by atoms with Crippen LogP contribution in [0.15, 0.2) is 22.7 Å². The van der Waals surface area contributed by atoms with E-state index in [1.54, 1.807) is 25.3 Å². The monoisotopic (exact) mass is 326 g/mol. The molecule has 1 aliphatic rings. The Morgan fingerprint density at radius 1 is 1.58 bits per heavy atom. The van der Waals surface area contributed by atoms with E-state index in [9.17, 15) is 4.79 Å². The largest absolute Gasteiger partial charge is 0.496 e. The van der Waals surface area contributed by atoms with Gasteiger partial charge in [0, 0.05) is 18.2 Å². The molecule has 0 unspecified atom stereocenters. The molecule has 1 aromatic carbocycles. The van der Waals surface area contributed by atoms with E-state index < -0.39 is 0 Å². The second-order valence-electron chi connectivity index (χ2n) is 4.69. The number of carbonyl (C=O) groups excluding carboxylic acids is 1. The molecule has 2 rings (SSSR count). The van der Waals surface area contributed by atoms with Gasteiger partial charge in [-0.25, -0.2) is 0 Å². The Bertz CT molecular complexity index is 445. The molecule has 0 bridgehead atoms. The van der Waals surface area contributed by atoms with Crippen molar-refractivity contribution in [1.29, 1.82) is 0 Å². The van der Waals surface area contributed by atoms with Crippen molar-refractivity contribution in [1.82, 2.24) is 10.6 Å². The minimum absolute atomic E-state index is 0.0404. The second-order valence-corrected chi connectivity index (χ2v) is 5.54. The molecule has 1 amide bonds. The fourth-order valence-corrected chi connectivity index (χ4v) is 2.81. The van der Waals surface area contributed by atoms with Gasteiger partial charge < -0.3 is 15.4 Å². The molecule has 4 nitrogen and oxygen atoms in total.